The number of benzene rings is 2. The van der Waals surface area contributed by atoms with Crippen LogP contribution < -0.4 is 4.74 Å². The van der Waals surface area contributed by atoms with E-state index in [0.717, 1.165) is 30.0 Å². The number of carbonyl (C=O) groups excluding carboxylic acids is 1. The number of aromatic hydroxyl groups is 1. The third kappa shape index (κ3) is 6.24. The van der Waals surface area contributed by atoms with Crippen LogP contribution in [-0.2, 0) is 9.53 Å². The first-order valence-corrected chi connectivity index (χ1v) is 14.5. The van der Waals surface area contributed by atoms with Crippen molar-refractivity contribution in [2.24, 2.45) is 4.99 Å². The van der Waals surface area contributed by atoms with E-state index < -0.39 is 12.1 Å². The first-order valence-electron chi connectivity index (χ1n) is 14.5. The van der Waals surface area contributed by atoms with E-state index in [1.807, 2.05) is 24.3 Å². The molecule has 2 aromatic heterocycles. The van der Waals surface area contributed by atoms with Gasteiger partial charge in [0.2, 0.25) is 0 Å². The summed E-state index contributed by atoms with van der Waals surface area (Å²) in [5, 5.41) is 11.4. The van der Waals surface area contributed by atoms with Crippen molar-refractivity contribution in [2.45, 2.75) is 77.2 Å². The van der Waals surface area contributed by atoms with Gasteiger partial charge in [-0.1, -0.05) is 76.8 Å². The molecule has 1 atom stereocenters. The molecule has 0 amide bonds. The summed E-state index contributed by atoms with van der Waals surface area (Å²) >= 11 is 0. The predicted octanol–water partition coefficient (Wildman–Crippen LogP) is 8.16. The normalized spacial score (nSPS) is 14.5. The minimum atomic E-state index is -0.786. The highest BCUT2D eigenvalue weighted by Gasteiger charge is 2.34. The average Bonchev–Trinajstić information content (AvgIpc) is 2.99. The topological polar surface area (TPSA) is 93.9 Å². The van der Waals surface area contributed by atoms with Crippen LogP contribution in [-0.4, -0.2) is 33.4 Å². The van der Waals surface area contributed by atoms with Crippen LogP contribution in [0.3, 0.4) is 0 Å². The first kappa shape index (κ1) is 27.6. The number of hydrogen-bond acceptors (Lipinski definition) is 7. The molecule has 208 valence electrons. The van der Waals surface area contributed by atoms with E-state index in [9.17, 15) is 9.90 Å². The van der Waals surface area contributed by atoms with Crippen LogP contribution in [0.1, 0.15) is 82.8 Å². The van der Waals surface area contributed by atoms with Crippen molar-refractivity contribution < 1.29 is 19.4 Å². The fourth-order valence-electron chi connectivity index (χ4n) is 5.25. The number of aliphatic imine (C=N–C) groups is 1. The van der Waals surface area contributed by atoms with Gasteiger partial charge in [-0.05, 0) is 48.4 Å². The summed E-state index contributed by atoms with van der Waals surface area (Å²) in [7, 11) is 0. The lowest BCUT2D eigenvalue weighted by Gasteiger charge is -2.27. The summed E-state index contributed by atoms with van der Waals surface area (Å²) in [6, 6.07) is 14.1. The Bertz CT molecular complexity index is 1480. The zero-order valence-corrected chi connectivity index (χ0v) is 23.1. The van der Waals surface area contributed by atoms with Gasteiger partial charge in [-0.3, -0.25) is 9.97 Å². The third-order valence-corrected chi connectivity index (χ3v) is 7.41. The minimum absolute atomic E-state index is 0.133. The van der Waals surface area contributed by atoms with Gasteiger partial charge in [-0.25, -0.2) is 9.79 Å². The molecule has 1 aliphatic heterocycles. The van der Waals surface area contributed by atoms with Crippen molar-refractivity contribution in [3.63, 3.8) is 0 Å². The molecule has 2 aromatic carbocycles. The number of pyridine rings is 2. The molecule has 0 fully saturated rings. The lowest BCUT2D eigenvalue weighted by molar-refractivity contribution is -0.136. The van der Waals surface area contributed by atoms with Crippen molar-refractivity contribution in [3.05, 3.63) is 66.5 Å². The Morgan fingerprint density at radius 1 is 0.825 bits per heavy atom. The Morgan fingerprint density at radius 3 is 2.10 bits per heavy atom. The fourth-order valence-corrected chi connectivity index (χ4v) is 5.25. The van der Waals surface area contributed by atoms with E-state index in [1.54, 1.807) is 36.7 Å². The number of fused-ring (bicyclic) bond motifs is 6. The number of ether oxygens (including phenoxy) is 2. The Labute approximate surface area is 235 Å². The number of hydrogen-bond donors (Lipinski definition) is 1. The fraction of sp³-hybridized carbons (Fsp3) is 0.394. The zero-order valence-electron chi connectivity index (χ0n) is 23.1. The van der Waals surface area contributed by atoms with Crippen LogP contribution in [0.2, 0.25) is 0 Å². The number of aromatic nitrogens is 2. The van der Waals surface area contributed by atoms with E-state index in [-0.39, 0.29) is 11.5 Å². The van der Waals surface area contributed by atoms with Gasteiger partial charge in [0.25, 0.3) is 0 Å². The van der Waals surface area contributed by atoms with Gasteiger partial charge in [0.05, 0.1) is 12.1 Å². The van der Waals surface area contributed by atoms with E-state index in [0.29, 0.717) is 34.6 Å². The van der Waals surface area contributed by atoms with Crippen LogP contribution in [0.25, 0.3) is 21.8 Å². The van der Waals surface area contributed by atoms with Crippen LogP contribution in [0, 0.1) is 0 Å². The largest absolute Gasteiger partial charge is 0.508 e. The SMILES string of the molecule is CCCCCCCCCCCCOC(=O)C1=Nc2c(c3cccnc3c3ncccc23)OC1c1ccc(O)cc1. The quantitative estimate of drug-likeness (QED) is 0.105. The first-order chi connectivity index (χ1) is 19.7. The molecule has 1 aliphatic rings. The zero-order chi connectivity index (χ0) is 27.7. The Morgan fingerprint density at radius 2 is 1.43 bits per heavy atom. The van der Waals surface area contributed by atoms with Crippen molar-refractivity contribution in [1.82, 2.24) is 9.97 Å². The highest BCUT2D eigenvalue weighted by atomic mass is 16.5. The number of phenols is 1. The second kappa shape index (κ2) is 13.4. The molecule has 3 heterocycles. The van der Waals surface area contributed by atoms with Crippen LogP contribution in [0.5, 0.6) is 11.5 Å². The number of unbranched alkanes of at least 4 members (excludes halogenated alkanes) is 9. The highest BCUT2D eigenvalue weighted by Crippen LogP contribution is 2.47. The Hall–Kier alpha value is -4.00. The van der Waals surface area contributed by atoms with E-state index >= 15 is 0 Å². The van der Waals surface area contributed by atoms with Gasteiger partial charge < -0.3 is 14.6 Å². The summed E-state index contributed by atoms with van der Waals surface area (Å²) in [6.45, 7) is 2.58. The molecule has 1 N–H and O–H groups in total. The second-order valence-corrected chi connectivity index (χ2v) is 10.4. The molecule has 0 radical (unpaired) electrons. The molecule has 0 aliphatic carbocycles. The number of nitrogens with zero attached hydrogens (tertiary/aromatic N) is 3. The van der Waals surface area contributed by atoms with Gasteiger partial charge in [0.1, 0.15) is 17.0 Å². The van der Waals surface area contributed by atoms with Crippen molar-refractivity contribution >= 4 is 39.2 Å². The van der Waals surface area contributed by atoms with E-state index in [1.165, 1.54) is 44.9 Å². The van der Waals surface area contributed by atoms with Gasteiger partial charge in [-0.2, -0.15) is 0 Å². The van der Waals surface area contributed by atoms with E-state index in [2.05, 4.69) is 16.9 Å². The average molecular weight is 540 g/mol. The Balaban J connectivity index is 1.33. The summed E-state index contributed by atoms with van der Waals surface area (Å²) in [5.74, 6) is 0.185. The summed E-state index contributed by atoms with van der Waals surface area (Å²) in [5.41, 5.74) is 2.83. The van der Waals surface area contributed by atoms with Crippen molar-refractivity contribution in [3.8, 4) is 11.5 Å². The number of phenolic OH excluding ortho intramolecular Hbond substituents is 1. The lowest BCUT2D eigenvalue weighted by atomic mass is 10.0. The molecule has 5 rings (SSSR count). The van der Waals surface area contributed by atoms with Crippen LogP contribution >= 0.6 is 0 Å². The number of esters is 1. The summed E-state index contributed by atoms with van der Waals surface area (Å²) in [4.78, 5) is 27.4. The monoisotopic (exact) mass is 539 g/mol. The van der Waals surface area contributed by atoms with Gasteiger partial charge >= 0.3 is 5.97 Å². The molecular weight excluding hydrogens is 502 g/mol. The number of carbonyl (C=O) groups is 1. The third-order valence-electron chi connectivity index (χ3n) is 7.41. The lowest BCUT2D eigenvalue weighted by Crippen LogP contribution is -2.30. The molecule has 40 heavy (non-hydrogen) atoms. The maximum Gasteiger partial charge on any atom is 0.356 e. The smallest absolute Gasteiger partial charge is 0.356 e. The molecule has 7 nitrogen and oxygen atoms in total. The molecule has 4 aromatic rings. The van der Waals surface area contributed by atoms with Gasteiger partial charge in [0, 0.05) is 23.2 Å². The molecule has 7 heteroatoms. The molecule has 0 saturated heterocycles. The molecule has 1 unspecified atom stereocenters. The second-order valence-electron chi connectivity index (χ2n) is 10.4. The highest BCUT2D eigenvalue weighted by molar-refractivity contribution is 6.39. The molecular formula is C33H37N3O4. The van der Waals surface area contributed by atoms with E-state index in [4.69, 9.17) is 14.5 Å². The van der Waals surface area contributed by atoms with Crippen molar-refractivity contribution in [2.75, 3.05) is 6.61 Å². The summed E-state index contributed by atoms with van der Waals surface area (Å²) < 4.78 is 12.3. The van der Waals surface area contributed by atoms with Crippen LogP contribution in [0.4, 0.5) is 5.69 Å². The predicted molar refractivity (Wildman–Crippen MR) is 158 cm³/mol. The standard InChI is InChI=1S/C33H37N3O4/c1-2-3-4-5-6-7-8-9-10-11-22-39-33(38)30-31(23-16-18-24(37)19-17-23)40-32-26-15-13-21-35-28(26)27-25(29(32)36-30)14-12-20-34-27/h12-21,31,37H,2-11,22H2,1H3. The summed E-state index contributed by atoms with van der Waals surface area (Å²) in [6.07, 6.45) is 14.8. The van der Waals surface area contributed by atoms with Gasteiger partial charge in [-0.15, -0.1) is 0 Å². The molecule has 0 saturated carbocycles. The molecule has 0 bridgehead atoms. The maximum atomic E-state index is 13.4. The molecule has 0 spiro atoms. The van der Waals surface area contributed by atoms with Crippen molar-refractivity contribution in [1.29, 1.82) is 0 Å². The van der Waals surface area contributed by atoms with Crippen LogP contribution in [0.15, 0.2) is 65.9 Å². The Kier molecular flexibility index (Phi) is 9.22. The maximum absolute atomic E-state index is 13.4. The number of rotatable bonds is 13. The van der Waals surface area contributed by atoms with Gasteiger partial charge in [0.15, 0.2) is 17.6 Å². The minimum Gasteiger partial charge on any atom is -0.508 e.